The van der Waals surface area contributed by atoms with E-state index in [0.717, 1.165) is 0 Å². The minimum absolute atomic E-state index is 0.208. The van der Waals surface area contributed by atoms with Crippen molar-refractivity contribution in [2.45, 2.75) is 39.5 Å². The van der Waals surface area contributed by atoms with E-state index < -0.39 is 17.0 Å². The third kappa shape index (κ3) is 1.79. The summed E-state index contributed by atoms with van der Waals surface area (Å²) in [6, 6.07) is 2.81. The van der Waals surface area contributed by atoms with Crippen molar-refractivity contribution in [1.29, 1.82) is 0 Å². The van der Waals surface area contributed by atoms with Gasteiger partial charge in [-0.05, 0) is 30.4 Å². The van der Waals surface area contributed by atoms with Gasteiger partial charge in [0.25, 0.3) is 0 Å². The van der Waals surface area contributed by atoms with E-state index in [1.54, 1.807) is 6.92 Å². The first-order valence-corrected chi connectivity index (χ1v) is 4.85. The van der Waals surface area contributed by atoms with Crippen LogP contribution in [0.4, 0.5) is 8.78 Å². The lowest BCUT2D eigenvalue weighted by Gasteiger charge is -2.25. The molecule has 0 N–H and O–H groups in total. The van der Waals surface area contributed by atoms with Crippen molar-refractivity contribution in [2.75, 3.05) is 0 Å². The maximum Gasteiger partial charge on any atom is 0.132 e. The average Bonchev–Trinajstić information content (AvgIpc) is 2.12. The zero-order chi connectivity index (χ0) is 10.9. The van der Waals surface area contributed by atoms with Gasteiger partial charge in [-0.15, -0.1) is 0 Å². The predicted molar refractivity (Wildman–Crippen MR) is 54.4 cm³/mol. The van der Waals surface area contributed by atoms with Crippen LogP contribution in [0.2, 0.25) is 0 Å². The molecular formula is C12H16F2. The number of hydrogen-bond donors (Lipinski definition) is 0. The van der Waals surface area contributed by atoms with Gasteiger partial charge in [0.05, 0.1) is 0 Å². The summed E-state index contributed by atoms with van der Waals surface area (Å²) in [5.41, 5.74) is 0.267. The molecule has 1 aromatic carbocycles. The summed E-state index contributed by atoms with van der Waals surface area (Å²) >= 11 is 0. The first kappa shape index (κ1) is 11.2. The van der Waals surface area contributed by atoms with Crippen LogP contribution in [0.25, 0.3) is 0 Å². The highest BCUT2D eigenvalue weighted by Crippen LogP contribution is 2.32. The van der Waals surface area contributed by atoms with Crippen LogP contribution in [0.1, 0.15) is 38.3 Å². The van der Waals surface area contributed by atoms with Crippen molar-refractivity contribution < 1.29 is 8.78 Å². The van der Waals surface area contributed by atoms with E-state index in [2.05, 4.69) is 0 Å². The van der Waals surface area contributed by atoms with E-state index in [0.29, 0.717) is 12.0 Å². The van der Waals surface area contributed by atoms with Gasteiger partial charge in [-0.2, -0.15) is 0 Å². The van der Waals surface area contributed by atoms with E-state index in [1.807, 2.05) is 20.8 Å². The summed E-state index contributed by atoms with van der Waals surface area (Å²) in [4.78, 5) is 0. The minimum atomic E-state index is -0.444. The van der Waals surface area contributed by atoms with E-state index in [4.69, 9.17) is 0 Å². The molecule has 1 aromatic rings. The topological polar surface area (TPSA) is 0 Å². The van der Waals surface area contributed by atoms with E-state index in [9.17, 15) is 8.78 Å². The summed E-state index contributed by atoms with van der Waals surface area (Å²) in [5.74, 6) is -0.850. The number of halogens is 2. The lowest BCUT2D eigenvalue weighted by atomic mass is 9.81. The minimum Gasteiger partial charge on any atom is -0.207 e. The van der Waals surface area contributed by atoms with Crippen molar-refractivity contribution in [3.05, 3.63) is 34.9 Å². The lowest BCUT2D eigenvalue weighted by molar-refractivity contribution is 0.433. The number of benzene rings is 1. The van der Waals surface area contributed by atoms with Gasteiger partial charge >= 0.3 is 0 Å². The predicted octanol–water partition coefficient (Wildman–Crippen LogP) is 3.96. The highest BCUT2D eigenvalue weighted by molar-refractivity contribution is 5.32. The Morgan fingerprint density at radius 2 is 1.79 bits per heavy atom. The molecule has 0 amide bonds. The maximum absolute atomic E-state index is 13.7. The van der Waals surface area contributed by atoms with E-state index in [1.165, 1.54) is 12.1 Å². The maximum atomic E-state index is 13.7. The summed E-state index contributed by atoms with van der Waals surface area (Å²) in [6.07, 6.45) is 0.713. The fourth-order valence-corrected chi connectivity index (χ4v) is 1.45. The van der Waals surface area contributed by atoms with Crippen LogP contribution in [0, 0.1) is 18.6 Å². The Labute approximate surface area is 84.0 Å². The lowest BCUT2D eigenvalue weighted by Crippen LogP contribution is -2.20. The van der Waals surface area contributed by atoms with Crippen molar-refractivity contribution >= 4 is 0 Å². The summed E-state index contributed by atoms with van der Waals surface area (Å²) in [5, 5.41) is 0. The number of rotatable bonds is 2. The first-order chi connectivity index (χ1) is 6.40. The molecule has 14 heavy (non-hydrogen) atoms. The van der Waals surface area contributed by atoms with Crippen LogP contribution in [0.3, 0.4) is 0 Å². The monoisotopic (exact) mass is 198 g/mol. The standard InChI is InChI=1S/C12H16F2/c1-5-12(3,4)10-9(13)7-6-8(2)11(10)14/h6-7H,5H2,1-4H3. The molecule has 0 heterocycles. The zero-order valence-corrected chi connectivity index (χ0v) is 9.12. The Kier molecular flexibility index (Phi) is 2.93. The van der Waals surface area contributed by atoms with Crippen LogP contribution in [0.15, 0.2) is 12.1 Å². The quantitative estimate of drug-likeness (QED) is 0.674. The molecule has 0 radical (unpaired) electrons. The van der Waals surface area contributed by atoms with Gasteiger partial charge in [0.2, 0.25) is 0 Å². The number of aryl methyl sites for hydroxylation is 1. The SMILES string of the molecule is CCC(C)(C)c1c(F)ccc(C)c1F. The molecule has 0 aliphatic carbocycles. The fraction of sp³-hybridized carbons (Fsp3) is 0.500. The largest absolute Gasteiger partial charge is 0.207 e. The van der Waals surface area contributed by atoms with Gasteiger partial charge in [-0.1, -0.05) is 26.8 Å². The normalized spacial score (nSPS) is 11.9. The van der Waals surface area contributed by atoms with Crippen LogP contribution >= 0.6 is 0 Å². The molecule has 0 bridgehead atoms. The van der Waals surface area contributed by atoms with Gasteiger partial charge in [0.15, 0.2) is 0 Å². The molecule has 0 unspecified atom stereocenters. The second-order valence-corrected chi connectivity index (χ2v) is 4.29. The van der Waals surface area contributed by atoms with Gasteiger partial charge in [0, 0.05) is 5.56 Å². The molecule has 0 aromatic heterocycles. The van der Waals surface area contributed by atoms with Crippen molar-refractivity contribution in [3.63, 3.8) is 0 Å². The Morgan fingerprint density at radius 1 is 1.21 bits per heavy atom. The Morgan fingerprint density at radius 3 is 2.29 bits per heavy atom. The highest BCUT2D eigenvalue weighted by atomic mass is 19.1. The molecule has 0 nitrogen and oxygen atoms in total. The Balaban J connectivity index is 3.40. The van der Waals surface area contributed by atoms with E-state index in [-0.39, 0.29) is 5.56 Å². The van der Waals surface area contributed by atoms with Crippen molar-refractivity contribution in [3.8, 4) is 0 Å². The zero-order valence-electron chi connectivity index (χ0n) is 9.12. The summed E-state index contributed by atoms with van der Waals surface area (Å²) < 4.78 is 27.2. The molecule has 78 valence electrons. The second kappa shape index (κ2) is 3.68. The number of hydrogen-bond acceptors (Lipinski definition) is 0. The summed E-state index contributed by atoms with van der Waals surface area (Å²) in [7, 11) is 0. The molecule has 0 saturated heterocycles. The van der Waals surface area contributed by atoms with E-state index >= 15 is 0 Å². The van der Waals surface area contributed by atoms with Crippen LogP contribution in [-0.4, -0.2) is 0 Å². The molecule has 0 aliphatic rings. The third-order valence-corrected chi connectivity index (χ3v) is 2.84. The Bertz CT molecular complexity index is 340. The second-order valence-electron chi connectivity index (χ2n) is 4.29. The highest BCUT2D eigenvalue weighted by Gasteiger charge is 2.26. The molecule has 0 spiro atoms. The van der Waals surface area contributed by atoms with Crippen LogP contribution in [0.5, 0.6) is 0 Å². The molecule has 0 atom stereocenters. The fourth-order valence-electron chi connectivity index (χ4n) is 1.45. The molecule has 0 fully saturated rings. The van der Waals surface area contributed by atoms with Gasteiger partial charge in [0.1, 0.15) is 11.6 Å². The van der Waals surface area contributed by atoms with Gasteiger partial charge in [-0.3, -0.25) is 0 Å². The molecule has 0 saturated carbocycles. The van der Waals surface area contributed by atoms with Crippen molar-refractivity contribution in [2.24, 2.45) is 0 Å². The summed E-state index contributed by atoms with van der Waals surface area (Å²) in [6.45, 7) is 7.30. The molecule has 1 rings (SSSR count). The Hall–Kier alpha value is -0.920. The van der Waals surface area contributed by atoms with Crippen LogP contribution in [-0.2, 0) is 5.41 Å². The smallest absolute Gasteiger partial charge is 0.132 e. The molecular weight excluding hydrogens is 182 g/mol. The average molecular weight is 198 g/mol. The molecule has 2 heteroatoms. The first-order valence-electron chi connectivity index (χ1n) is 4.85. The third-order valence-electron chi connectivity index (χ3n) is 2.84. The van der Waals surface area contributed by atoms with Gasteiger partial charge < -0.3 is 0 Å². The van der Waals surface area contributed by atoms with Crippen molar-refractivity contribution in [1.82, 2.24) is 0 Å². The molecule has 0 aliphatic heterocycles. The van der Waals surface area contributed by atoms with Crippen LogP contribution < -0.4 is 0 Å². The van der Waals surface area contributed by atoms with Gasteiger partial charge in [-0.25, -0.2) is 8.78 Å².